The average molecular weight is 2240 g/mol. The van der Waals surface area contributed by atoms with E-state index in [4.69, 9.17) is 42.6 Å². The van der Waals surface area contributed by atoms with Crippen molar-refractivity contribution < 1.29 is 102 Å². The highest BCUT2D eigenvalue weighted by Gasteiger charge is 2.40. The van der Waals surface area contributed by atoms with E-state index >= 15 is 0 Å². The summed E-state index contributed by atoms with van der Waals surface area (Å²) < 4.78 is 43.4. The Labute approximate surface area is 715 Å². The molecule has 0 atom stereocenters. The second-order valence-electron chi connectivity index (χ2n) is 22.8. The Morgan fingerprint density at radius 3 is 0.528 bits per heavy atom. The monoisotopic (exact) mass is 2230 g/mol. The molecule has 0 fully saturated rings. The van der Waals surface area contributed by atoms with Gasteiger partial charge in [-0.2, -0.15) is 0 Å². The van der Waals surface area contributed by atoms with Crippen LogP contribution < -0.4 is 14.2 Å². The summed E-state index contributed by atoms with van der Waals surface area (Å²) in [7, 11) is 0. The van der Waals surface area contributed by atoms with Crippen LogP contribution in [-0.2, 0) is 68.8 Å². The number of carbonyl (C=O) groups is 6. The number of hydrogen-bond donors (Lipinski definition) is 6. The molecule has 21 nitrogen and oxygen atoms in total. The molecule has 0 bridgehead atoms. The first-order valence-corrected chi connectivity index (χ1v) is 40.2. The minimum atomic E-state index is -1.82. The molecule has 0 saturated carbocycles. The van der Waals surface area contributed by atoms with E-state index in [1.165, 1.54) is 109 Å². The molecule has 6 N–H and O–H groups in total. The molecular formula is C75H48Br12O21. The molecule has 0 radical (unpaired) electrons. The summed E-state index contributed by atoms with van der Waals surface area (Å²) in [6, 6.07) is 52.0. The lowest BCUT2D eigenvalue weighted by molar-refractivity contribution is 0.0398. The topological polar surface area (TPSA) is 307 Å². The minimum Gasteiger partial charge on any atom is -0.507 e. The number of carbonyl (C=O) groups excluding carboxylic acids is 6. The lowest BCUT2D eigenvalue weighted by atomic mass is 10.1. The molecule has 33 heteroatoms. The summed E-state index contributed by atoms with van der Waals surface area (Å²) in [6.07, 6.45) is 0. The summed E-state index contributed by atoms with van der Waals surface area (Å²) in [4.78, 5) is 85.9. The van der Waals surface area contributed by atoms with Crippen LogP contribution in [0.25, 0.3) is 0 Å². The van der Waals surface area contributed by atoms with Gasteiger partial charge in [0, 0.05) is 0 Å². The van der Waals surface area contributed by atoms with Crippen molar-refractivity contribution in [1.82, 2.24) is 0 Å². The molecule has 10 aromatic rings. The number of ether oxygens (including phenoxy) is 9. The minimum absolute atomic E-state index is 0.0979. The number of hydrogen-bond acceptors (Lipinski definition) is 21. The molecule has 0 aromatic heterocycles. The van der Waals surface area contributed by atoms with E-state index in [0.717, 1.165) is 18.2 Å². The van der Waals surface area contributed by atoms with Gasteiger partial charge in [0.15, 0.2) is 0 Å². The largest absolute Gasteiger partial charge is 0.507 e. The third-order valence-electron chi connectivity index (χ3n) is 15.1. The second kappa shape index (κ2) is 35.1. The molecule has 10 rings (SSSR count). The van der Waals surface area contributed by atoms with Crippen molar-refractivity contribution in [1.29, 1.82) is 0 Å². The molecule has 0 aliphatic carbocycles. The Balaban J connectivity index is 1.04. The first kappa shape index (κ1) is 83.5. The van der Waals surface area contributed by atoms with Crippen molar-refractivity contribution in [3.8, 4) is 51.7 Å². The average Bonchev–Trinajstić information content (AvgIpc) is 0.798. The number of phenolic OH excluding ortho intramolecular Hbond substituents is 6. The van der Waals surface area contributed by atoms with Crippen LogP contribution >= 0.6 is 191 Å². The van der Waals surface area contributed by atoms with Crippen molar-refractivity contribution >= 4 is 227 Å². The highest BCUT2D eigenvalue weighted by molar-refractivity contribution is 9.26. The zero-order valence-corrected chi connectivity index (χ0v) is 73.3. The number of esters is 6. The molecule has 108 heavy (non-hydrogen) atoms. The number of alkyl halides is 12. The van der Waals surface area contributed by atoms with Crippen LogP contribution in [0.3, 0.4) is 0 Å². The summed E-state index contributed by atoms with van der Waals surface area (Å²) in [5, 5.41) is 64.5. The number of phenols is 6. The van der Waals surface area contributed by atoms with Crippen molar-refractivity contribution in [3.05, 3.63) is 302 Å². The number of para-hydroxylation sites is 6. The van der Waals surface area contributed by atoms with Crippen molar-refractivity contribution in [3.63, 3.8) is 0 Å². The van der Waals surface area contributed by atoms with Gasteiger partial charge in [-0.15, -0.1) is 0 Å². The smallest absolute Gasteiger partial charge is 0.340 e. The number of aromatic hydroxyl groups is 6. The Morgan fingerprint density at radius 2 is 0.380 bits per heavy atom. The quantitative estimate of drug-likeness (QED) is 0.0158. The maximum atomic E-state index is 14.3. The summed E-state index contributed by atoms with van der Waals surface area (Å²) in [6.45, 7) is -1.15. The number of halogens is 12. The number of rotatable bonds is 27. The molecule has 0 amide bonds. The van der Waals surface area contributed by atoms with E-state index < -0.39 is 56.3 Å². The third-order valence-corrected chi connectivity index (χ3v) is 22.2. The first-order valence-electron chi connectivity index (χ1n) is 30.7. The molecule has 0 heterocycles. The molecule has 558 valence electrons. The molecule has 0 aliphatic heterocycles. The Morgan fingerprint density at radius 1 is 0.231 bits per heavy atom. The van der Waals surface area contributed by atoms with E-state index in [1.54, 1.807) is 91.0 Å². The molecule has 0 unspecified atom stereocenters. The Hall–Kier alpha value is -7.02. The van der Waals surface area contributed by atoms with Gasteiger partial charge in [0.1, 0.15) is 71.6 Å². The van der Waals surface area contributed by atoms with Gasteiger partial charge in [-0.1, -0.05) is 72.8 Å². The predicted molar refractivity (Wildman–Crippen MR) is 437 cm³/mol. The standard InChI is InChI=1S/C75H48Br12O21/c76-70(77,52-13-1-7-19-58(52)88)103-64(94)43-28-44(65(95)104-71(78,79)53-14-2-8-20-59(53)89)32-49(31-43)100-37-40-25-41(38-101-50-33-45(66(96)105-72(80,81)54-15-3-9-21-60(54)90)29-46(34-50)67(97)106-73(82,83)55-16-4-10-22-61(55)91)27-42(26-40)39-102-51-35-47(68(98)107-74(84,85)56-17-5-11-23-62(56)92)30-48(36-51)69(99)108-75(86,87)57-18-6-12-24-63(57)93/h1-36,88-93H,37-39H2. The normalized spacial score (nSPS) is 11.9. The van der Waals surface area contributed by atoms with Crippen molar-refractivity contribution in [2.24, 2.45) is 0 Å². The summed E-state index contributed by atoms with van der Waals surface area (Å²) >= 11 is 40.0. The van der Waals surface area contributed by atoms with E-state index in [0.29, 0.717) is 16.7 Å². The second-order valence-corrected chi connectivity index (χ2v) is 42.6. The first-order chi connectivity index (χ1) is 50.9. The van der Waals surface area contributed by atoms with Gasteiger partial charge in [0.2, 0.25) is 0 Å². The van der Waals surface area contributed by atoms with Gasteiger partial charge in [-0.3, -0.25) is 0 Å². The fraction of sp³-hybridized carbons (Fsp3) is 0.120. The fourth-order valence-corrected chi connectivity index (χ4v) is 15.8. The van der Waals surface area contributed by atoms with Crippen LogP contribution in [-0.4, -0.2) is 66.5 Å². The van der Waals surface area contributed by atoms with Crippen molar-refractivity contribution in [2.75, 3.05) is 0 Å². The molecule has 0 aliphatic rings. The maximum absolute atomic E-state index is 14.3. The highest BCUT2D eigenvalue weighted by atomic mass is 79.9. The van der Waals surface area contributed by atoms with Crippen LogP contribution in [0.15, 0.2) is 218 Å². The lowest BCUT2D eigenvalue weighted by Gasteiger charge is -2.23. The van der Waals surface area contributed by atoms with Crippen LogP contribution in [0.1, 0.15) is 112 Å². The molecule has 0 saturated heterocycles. The highest BCUT2D eigenvalue weighted by Crippen LogP contribution is 2.50. The van der Waals surface area contributed by atoms with Crippen LogP contribution in [0.4, 0.5) is 0 Å². The van der Waals surface area contributed by atoms with Gasteiger partial charge in [0.25, 0.3) is 20.5 Å². The molecule has 0 spiro atoms. The fourth-order valence-electron chi connectivity index (χ4n) is 10.0. The van der Waals surface area contributed by atoms with Gasteiger partial charge < -0.3 is 73.3 Å². The van der Waals surface area contributed by atoms with E-state index in [-0.39, 0.29) is 138 Å². The summed E-state index contributed by atoms with van der Waals surface area (Å²) in [5.74, 6) is -8.17. The zero-order chi connectivity index (χ0) is 78.3. The van der Waals surface area contributed by atoms with Gasteiger partial charge in [0.05, 0.1) is 66.8 Å². The third kappa shape index (κ3) is 21.1. The van der Waals surface area contributed by atoms with Gasteiger partial charge in [-0.05, 0) is 353 Å². The van der Waals surface area contributed by atoms with E-state index in [2.05, 4.69) is 191 Å². The lowest BCUT2D eigenvalue weighted by Crippen LogP contribution is -2.22. The SMILES string of the molecule is O=C(OC(Br)(Br)c1ccccc1O)c1cc(OCc2cc(COc3cc(C(=O)OC(Br)(Br)c4ccccc4O)cc(C(=O)OC(Br)(Br)c4ccccc4O)c3)cc(COc3cc(C(=O)OC(Br)(Br)c4ccccc4O)cc(C(=O)OC(Br)(Br)c4ccccc4O)c3)c2)cc(C(=O)OC(Br)(Br)c2ccccc2O)c1. The molecular weight excluding hydrogens is 2200 g/mol. The van der Waals surface area contributed by atoms with Gasteiger partial charge >= 0.3 is 35.8 Å². The van der Waals surface area contributed by atoms with Crippen molar-refractivity contribution in [2.45, 2.75) is 40.3 Å². The van der Waals surface area contributed by atoms with Gasteiger partial charge in [-0.25, -0.2) is 28.8 Å². The maximum Gasteiger partial charge on any atom is 0.340 e. The van der Waals surface area contributed by atoms with Crippen LogP contribution in [0.2, 0.25) is 0 Å². The Kier molecular flexibility index (Phi) is 27.1. The van der Waals surface area contributed by atoms with Crippen LogP contribution in [0, 0.1) is 0 Å². The number of benzene rings is 10. The zero-order valence-electron chi connectivity index (χ0n) is 54.2. The molecule has 10 aromatic carbocycles. The predicted octanol–water partition coefficient (Wildman–Crippen LogP) is 21.2. The Bertz CT molecular complexity index is 4330. The van der Waals surface area contributed by atoms with Crippen LogP contribution in [0.5, 0.6) is 51.7 Å². The summed E-state index contributed by atoms with van der Waals surface area (Å²) in [5.41, 5.74) is -0.0103. The van der Waals surface area contributed by atoms with E-state index in [1.807, 2.05) is 0 Å². The van der Waals surface area contributed by atoms with E-state index in [9.17, 15) is 59.4 Å².